The molecule has 4 nitrogen and oxygen atoms in total. The molecular weight excluding hydrogens is 202 g/mol. The lowest BCUT2D eigenvalue weighted by Gasteiger charge is -2.31. The third-order valence-electron chi connectivity index (χ3n) is 2.91. The lowest BCUT2D eigenvalue weighted by atomic mass is 10.1. The number of anilines is 1. The van der Waals surface area contributed by atoms with E-state index in [9.17, 15) is 0 Å². The molecule has 1 aliphatic rings. The summed E-state index contributed by atoms with van der Waals surface area (Å²) in [4.78, 5) is 6.52. The van der Waals surface area contributed by atoms with Gasteiger partial charge in [-0.25, -0.2) is 0 Å². The molecule has 0 aliphatic carbocycles. The number of ether oxygens (including phenoxy) is 1. The van der Waals surface area contributed by atoms with Crippen molar-refractivity contribution in [3.05, 3.63) is 18.5 Å². The van der Waals surface area contributed by atoms with Crippen molar-refractivity contribution in [1.82, 2.24) is 4.98 Å². The number of piperidine rings is 1. The van der Waals surface area contributed by atoms with E-state index in [2.05, 4.69) is 9.88 Å². The van der Waals surface area contributed by atoms with Crippen molar-refractivity contribution in [2.24, 2.45) is 5.73 Å². The molecule has 1 aliphatic heterocycles. The van der Waals surface area contributed by atoms with Crippen LogP contribution in [0.25, 0.3) is 0 Å². The highest BCUT2D eigenvalue weighted by atomic mass is 16.5. The van der Waals surface area contributed by atoms with E-state index in [1.165, 1.54) is 0 Å². The van der Waals surface area contributed by atoms with E-state index in [1.54, 1.807) is 6.20 Å². The van der Waals surface area contributed by atoms with Crippen LogP contribution >= 0.6 is 0 Å². The van der Waals surface area contributed by atoms with Gasteiger partial charge in [0.1, 0.15) is 5.75 Å². The van der Waals surface area contributed by atoms with E-state index in [1.807, 2.05) is 19.2 Å². The predicted molar refractivity (Wildman–Crippen MR) is 64.8 cm³/mol. The number of nitrogens with two attached hydrogens (primary N) is 1. The molecule has 0 unspecified atom stereocenters. The Bertz CT molecular complexity index is 335. The van der Waals surface area contributed by atoms with Crippen molar-refractivity contribution >= 4 is 5.69 Å². The third-order valence-corrected chi connectivity index (χ3v) is 2.91. The molecule has 2 N–H and O–H groups in total. The largest absolute Gasteiger partial charge is 0.492 e. The molecular formula is C12H19N3O. The first-order chi connectivity index (χ1) is 7.79. The molecule has 0 spiro atoms. The van der Waals surface area contributed by atoms with Gasteiger partial charge in [-0.15, -0.1) is 0 Å². The van der Waals surface area contributed by atoms with Crippen molar-refractivity contribution in [1.29, 1.82) is 0 Å². The van der Waals surface area contributed by atoms with Crippen molar-refractivity contribution in [2.45, 2.75) is 25.8 Å². The summed E-state index contributed by atoms with van der Waals surface area (Å²) in [6.45, 7) is 4.68. The van der Waals surface area contributed by atoms with Gasteiger partial charge >= 0.3 is 0 Å². The zero-order valence-electron chi connectivity index (χ0n) is 9.72. The third kappa shape index (κ3) is 2.64. The maximum absolute atomic E-state index is 5.89. The van der Waals surface area contributed by atoms with Gasteiger partial charge in [0.05, 0.1) is 24.7 Å². The van der Waals surface area contributed by atoms with Crippen LogP contribution in [0, 0.1) is 0 Å². The Hall–Kier alpha value is -1.29. The Morgan fingerprint density at radius 1 is 1.44 bits per heavy atom. The zero-order chi connectivity index (χ0) is 11.4. The average Bonchev–Trinajstić information content (AvgIpc) is 2.31. The van der Waals surface area contributed by atoms with Gasteiger partial charge in [0.2, 0.25) is 0 Å². The molecule has 4 heteroatoms. The number of nitrogens with zero attached hydrogens (tertiary/aromatic N) is 2. The van der Waals surface area contributed by atoms with Gasteiger partial charge in [-0.3, -0.25) is 4.98 Å². The lowest BCUT2D eigenvalue weighted by Crippen LogP contribution is -2.39. The summed E-state index contributed by atoms with van der Waals surface area (Å²) < 4.78 is 5.44. The van der Waals surface area contributed by atoms with Crippen LogP contribution in [0.4, 0.5) is 5.69 Å². The molecule has 2 rings (SSSR count). The molecule has 0 amide bonds. The van der Waals surface area contributed by atoms with Crippen molar-refractivity contribution in [3.8, 4) is 5.75 Å². The smallest absolute Gasteiger partial charge is 0.139 e. The van der Waals surface area contributed by atoms with E-state index in [0.717, 1.165) is 37.4 Å². The molecule has 0 bridgehead atoms. The Balaban J connectivity index is 2.05. The van der Waals surface area contributed by atoms with Gasteiger partial charge in [-0.1, -0.05) is 0 Å². The molecule has 1 fully saturated rings. The van der Waals surface area contributed by atoms with Crippen LogP contribution in [0.15, 0.2) is 18.5 Å². The Kier molecular flexibility index (Phi) is 3.62. The molecule has 1 saturated heterocycles. The monoisotopic (exact) mass is 221 g/mol. The average molecular weight is 221 g/mol. The first-order valence-corrected chi connectivity index (χ1v) is 5.88. The van der Waals surface area contributed by atoms with Crippen LogP contribution in [0.2, 0.25) is 0 Å². The normalized spacial score (nSPS) is 17.5. The summed E-state index contributed by atoms with van der Waals surface area (Å²) in [6, 6.07) is 2.41. The Morgan fingerprint density at radius 2 is 2.19 bits per heavy atom. The second-order valence-corrected chi connectivity index (χ2v) is 4.14. The first kappa shape index (κ1) is 11.2. The Morgan fingerprint density at radius 3 is 2.88 bits per heavy atom. The maximum Gasteiger partial charge on any atom is 0.139 e. The van der Waals surface area contributed by atoms with E-state index in [4.69, 9.17) is 10.5 Å². The summed E-state index contributed by atoms with van der Waals surface area (Å²) >= 11 is 0. The lowest BCUT2D eigenvalue weighted by molar-refractivity contribution is 0.339. The molecule has 16 heavy (non-hydrogen) atoms. The molecule has 1 aromatic heterocycles. The predicted octanol–water partition coefficient (Wildman–Crippen LogP) is 1.41. The van der Waals surface area contributed by atoms with Crippen molar-refractivity contribution in [2.75, 3.05) is 24.6 Å². The highest BCUT2D eigenvalue weighted by Crippen LogP contribution is 2.22. The molecule has 0 saturated carbocycles. The summed E-state index contributed by atoms with van der Waals surface area (Å²) in [7, 11) is 0. The fourth-order valence-electron chi connectivity index (χ4n) is 1.98. The Labute approximate surface area is 96.4 Å². The van der Waals surface area contributed by atoms with Crippen molar-refractivity contribution in [3.63, 3.8) is 0 Å². The summed E-state index contributed by atoms with van der Waals surface area (Å²) in [5, 5.41) is 0. The van der Waals surface area contributed by atoms with Crippen LogP contribution in [-0.2, 0) is 0 Å². The molecule has 0 atom stereocenters. The second-order valence-electron chi connectivity index (χ2n) is 4.14. The molecule has 0 radical (unpaired) electrons. The summed E-state index contributed by atoms with van der Waals surface area (Å²) in [6.07, 6.45) is 5.75. The molecule has 88 valence electrons. The number of hydrogen-bond donors (Lipinski definition) is 1. The quantitative estimate of drug-likeness (QED) is 0.838. The number of hydrogen-bond acceptors (Lipinski definition) is 4. The van der Waals surface area contributed by atoms with E-state index in [-0.39, 0.29) is 0 Å². The summed E-state index contributed by atoms with van der Waals surface area (Å²) in [5.74, 6) is 0.842. The van der Waals surface area contributed by atoms with Gasteiger partial charge in [0.15, 0.2) is 0 Å². The minimum atomic E-state index is 0.360. The van der Waals surface area contributed by atoms with Gasteiger partial charge in [0, 0.05) is 25.2 Å². The van der Waals surface area contributed by atoms with Gasteiger partial charge in [-0.2, -0.15) is 0 Å². The minimum Gasteiger partial charge on any atom is -0.492 e. The SMILES string of the molecule is CCOc1cncc(N2CCC(N)CC2)c1. The van der Waals surface area contributed by atoms with Crippen LogP contribution in [-0.4, -0.2) is 30.7 Å². The zero-order valence-corrected chi connectivity index (χ0v) is 9.72. The van der Waals surface area contributed by atoms with Crippen LogP contribution < -0.4 is 15.4 Å². The fraction of sp³-hybridized carbons (Fsp3) is 0.583. The number of pyridine rings is 1. The van der Waals surface area contributed by atoms with E-state index >= 15 is 0 Å². The van der Waals surface area contributed by atoms with E-state index < -0.39 is 0 Å². The standard InChI is InChI=1S/C12H19N3O/c1-2-16-12-7-11(8-14-9-12)15-5-3-10(13)4-6-15/h7-10H,2-6,13H2,1H3. The summed E-state index contributed by atoms with van der Waals surface area (Å²) in [5.41, 5.74) is 7.02. The fourth-order valence-corrected chi connectivity index (χ4v) is 1.98. The topological polar surface area (TPSA) is 51.4 Å². The van der Waals surface area contributed by atoms with Crippen LogP contribution in [0.3, 0.4) is 0 Å². The molecule has 1 aromatic rings. The highest BCUT2D eigenvalue weighted by Gasteiger charge is 2.16. The number of aromatic nitrogens is 1. The van der Waals surface area contributed by atoms with Crippen LogP contribution in [0.1, 0.15) is 19.8 Å². The number of rotatable bonds is 3. The maximum atomic E-state index is 5.89. The van der Waals surface area contributed by atoms with Crippen LogP contribution in [0.5, 0.6) is 5.75 Å². The molecule has 2 heterocycles. The van der Waals surface area contributed by atoms with Crippen molar-refractivity contribution < 1.29 is 4.74 Å². The minimum absolute atomic E-state index is 0.360. The van der Waals surface area contributed by atoms with Gasteiger partial charge < -0.3 is 15.4 Å². The van der Waals surface area contributed by atoms with Gasteiger partial charge in [-0.05, 0) is 19.8 Å². The molecule has 0 aromatic carbocycles. The van der Waals surface area contributed by atoms with Gasteiger partial charge in [0.25, 0.3) is 0 Å². The highest BCUT2D eigenvalue weighted by molar-refractivity contribution is 5.48. The first-order valence-electron chi connectivity index (χ1n) is 5.88. The van der Waals surface area contributed by atoms with E-state index in [0.29, 0.717) is 12.6 Å². The second kappa shape index (κ2) is 5.16.